The van der Waals surface area contributed by atoms with Crippen LogP contribution in [0.4, 0.5) is 0 Å². The largest absolute Gasteiger partial charge is 0.480 e. The van der Waals surface area contributed by atoms with Crippen LogP contribution in [0.25, 0.3) is 10.9 Å². The van der Waals surface area contributed by atoms with Gasteiger partial charge in [0.1, 0.15) is 6.04 Å². The van der Waals surface area contributed by atoms with E-state index in [1.54, 1.807) is 13.3 Å². The third-order valence-electron chi connectivity index (χ3n) is 3.05. The molecule has 0 amide bonds. The van der Waals surface area contributed by atoms with Crippen LogP contribution in [0.5, 0.6) is 0 Å². The van der Waals surface area contributed by atoms with Crippen LogP contribution in [0.15, 0.2) is 30.5 Å². The molecule has 0 unspecified atom stereocenters. The van der Waals surface area contributed by atoms with Crippen LogP contribution in [0.1, 0.15) is 18.0 Å². The molecule has 0 fully saturated rings. The van der Waals surface area contributed by atoms with Gasteiger partial charge in [0.2, 0.25) is 0 Å². The lowest BCUT2D eigenvalue weighted by atomic mass is 10.1. The Hall–Kier alpha value is -1.85. The number of aromatic nitrogens is 1. The number of methoxy groups -OCH3 is 1. The number of H-pyrrole nitrogens is 1. The quantitative estimate of drug-likeness (QED) is 0.666. The highest BCUT2D eigenvalue weighted by molar-refractivity contribution is 5.89. The molecule has 0 aliphatic heterocycles. The molecule has 1 aromatic heterocycles. The lowest BCUT2D eigenvalue weighted by Gasteiger charge is -2.13. The molecule has 2 aromatic rings. The number of aromatic amines is 1. The Morgan fingerprint density at radius 2 is 2.26 bits per heavy atom. The van der Waals surface area contributed by atoms with E-state index >= 15 is 0 Å². The minimum absolute atomic E-state index is 0.602. The first-order chi connectivity index (χ1) is 9.24. The molecular formula is C14H18N2O3. The van der Waals surface area contributed by atoms with E-state index in [1.165, 1.54) is 0 Å². The van der Waals surface area contributed by atoms with Gasteiger partial charge >= 0.3 is 5.97 Å². The van der Waals surface area contributed by atoms with E-state index in [4.69, 9.17) is 4.74 Å². The first-order valence-electron chi connectivity index (χ1n) is 6.25. The van der Waals surface area contributed by atoms with Gasteiger partial charge in [-0.15, -0.1) is 0 Å². The number of benzene rings is 1. The molecule has 0 bridgehead atoms. The van der Waals surface area contributed by atoms with Gasteiger partial charge in [-0.1, -0.05) is 18.2 Å². The molecule has 0 aliphatic carbocycles. The number of para-hydroxylation sites is 1. The highest BCUT2D eigenvalue weighted by Crippen LogP contribution is 2.24. The summed E-state index contributed by atoms with van der Waals surface area (Å²) in [6.07, 6.45) is 2.54. The second kappa shape index (κ2) is 6.36. The maximum atomic E-state index is 11.4. The van der Waals surface area contributed by atoms with Crippen molar-refractivity contribution in [2.45, 2.75) is 12.5 Å². The number of carbonyl (C=O) groups is 1. The maximum Gasteiger partial charge on any atom is 0.325 e. The zero-order valence-electron chi connectivity index (χ0n) is 10.8. The minimum atomic E-state index is -0.873. The van der Waals surface area contributed by atoms with Gasteiger partial charge in [0.05, 0.1) is 0 Å². The molecule has 1 heterocycles. The Bertz CT molecular complexity index is 550. The van der Waals surface area contributed by atoms with Crippen LogP contribution in [0.2, 0.25) is 0 Å². The number of carboxylic acids is 1. The van der Waals surface area contributed by atoms with Crippen molar-refractivity contribution in [1.82, 2.24) is 10.3 Å². The number of rotatable bonds is 7. The van der Waals surface area contributed by atoms with Gasteiger partial charge in [0.15, 0.2) is 0 Å². The summed E-state index contributed by atoms with van der Waals surface area (Å²) in [5.41, 5.74) is 1.71. The lowest BCUT2D eigenvalue weighted by Crippen LogP contribution is -2.29. The van der Waals surface area contributed by atoms with Gasteiger partial charge in [0, 0.05) is 36.4 Å². The molecule has 5 heteroatoms. The summed E-state index contributed by atoms with van der Waals surface area (Å²) in [7, 11) is 1.63. The van der Waals surface area contributed by atoms with Crippen molar-refractivity contribution < 1.29 is 14.6 Å². The summed E-state index contributed by atoms with van der Waals surface area (Å²) in [4.78, 5) is 14.5. The smallest absolute Gasteiger partial charge is 0.325 e. The van der Waals surface area contributed by atoms with Gasteiger partial charge in [-0.3, -0.25) is 4.79 Å². The SMILES string of the molecule is COCCCN[C@H](C(=O)O)c1c[nH]c2ccccc12. The molecule has 102 valence electrons. The van der Waals surface area contributed by atoms with E-state index in [9.17, 15) is 9.90 Å². The topological polar surface area (TPSA) is 74.3 Å². The monoisotopic (exact) mass is 262 g/mol. The van der Waals surface area contributed by atoms with Crippen molar-refractivity contribution in [3.05, 3.63) is 36.0 Å². The third-order valence-corrected chi connectivity index (χ3v) is 3.05. The van der Waals surface area contributed by atoms with E-state index in [2.05, 4.69) is 10.3 Å². The highest BCUT2D eigenvalue weighted by atomic mass is 16.5. The van der Waals surface area contributed by atoms with Crippen LogP contribution < -0.4 is 5.32 Å². The van der Waals surface area contributed by atoms with E-state index in [0.29, 0.717) is 13.2 Å². The van der Waals surface area contributed by atoms with E-state index in [1.807, 2.05) is 24.3 Å². The Kier molecular flexibility index (Phi) is 4.54. The van der Waals surface area contributed by atoms with Crippen LogP contribution in [-0.2, 0) is 9.53 Å². The number of hydrogen-bond acceptors (Lipinski definition) is 3. The molecule has 0 radical (unpaired) electrons. The van der Waals surface area contributed by atoms with Crippen molar-refractivity contribution >= 4 is 16.9 Å². The molecule has 0 aliphatic rings. The number of nitrogens with one attached hydrogen (secondary N) is 2. The molecule has 19 heavy (non-hydrogen) atoms. The number of carboxylic acid groups (broad SMARTS) is 1. The van der Waals surface area contributed by atoms with Gasteiger partial charge in [-0.05, 0) is 19.0 Å². The molecule has 1 aromatic carbocycles. The molecule has 0 spiro atoms. The van der Waals surface area contributed by atoms with Crippen molar-refractivity contribution in [2.75, 3.05) is 20.3 Å². The van der Waals surface area contributed by atoms with Gasteiger partial charge < -0.3 is 20.1 Å². The predicted molar refractivity (Wildman–Crippen MR) is 73.2 cm³/mol. The highest BCUT2D eigenvalue weighted by Gasteiger charge is 2.21. The maximum absolute atomic E-state index is 11.4. The Morgan fingerprint density at radius 1 is 1.47 bits per heavy atom. The normalized spacial score (nSPS) is 12.7. The first kappa shape index (κ1) is 13.6. The summed E-state index contributed by atoms with van der Waals surface area (Å²) >= 11 is 0. The summed E-state index contributed by atoms with van der Waals surface area (Å²) in [6, 6.07) is 6.98. The standard InChI is InChI=1S/C14H18N2O3/c1-19-8-4-7-15-13(14(17)18)11-9-16-12-6-3-2-5-10(11)12/h2-3,5-6,9,13,15-16H,4,7-8H2,1H3,(H,17,18)/t13-/m0/s1. The fraction of sp³-hybridized carbons (Fsp3) is 0.357. The van der Waals surface area contributed by atoms with Gasteiger partial charge in [-0.2, -0.15) is 0 Å². The summed E-state index contributed by atoms with van der Waals surface area (Å²) < 4.78 is 4.95. The zero-order chi connectivity index (χ0) is 13.7. The average molecular weight is 262 g/mol. The fourth-order valence-corrected chi connectivity index (χ4v) is 2.13. The first-order valence-corrected chi connectivity index (χ1v) is 6.25. The minimum Gasteiger partial charge on any atom is -0.480 e. The Morgan fingerprint density at radius 3 is 3.00 bits per heavy atom. The molecule has 1 atom stereocenters. The molecule has 5 nitrogen and oxygen atoms in total. The molecule has 2 rings (SSSR count). The second-order valence-corrected chi connectivity index (χ2v) is 4.36. The Labute approximate surface area is 111 Å². The van der Waals surface area contributed by atoms with E-state index in [0.717, 1.165) is 22.9 Å². The van der Waals surface area contributed by atoms with E-state index in [-0.39, 0.29) is 0 Å². The van der Waals surface area contributed by atoms with Crippen LogP contribution in [-0.4, -0.2) is 36.3 Å². The van der Waals surface area contributed by atoms with Crippen LogP contribution in [0, 0.1) is 0 Å². The molecule has 0 saturated carbocycles. The average Bonchev–Trinajstić information content (AvgIpc) is 2.82. The van der Waals surface area contributed by atoms with Crippen LogP contribution in [0.3, 0.4) is 0 Å². The summed E-state index contributed by atoms with van der Waals surface area (Å²) in [5.74, 6) is -0.873. The Balaban J connectivity index is 2.16. The van der Waals surface area contributed by atoms with Crippen molar-refractivity contribution in [3.8, 4) is 0 Å². The zero-order valence-corrected chi connectivity index (χ0v) is 10.8. The molecular weight excluding hydrogens is 244 g/mol. The molecule has 0 saturated heterocycles. The fourth-order valence-electron chi connectivity index (χ4n) is 2.13. The lowest BCUT2D eigenvalue weighted by molar-refractivity contribution is -0.139. The van der Waals surface area contributed by atoms with Gasteiger partial charge in [-0.25, -0.2) is 0 Å². The van der Waals surface area contributed by atoms with Crippen molar-refractivity contribution in [2.24, 2.45) is 0 Å². The number of ether oxygens (including phenoxy) is 1. The second-order valence-electron chi connectivity index (χ2n) is 4.36. The summed E-state index contributed by atoms with van der Waals surface area (Å²) in [6.45, 7) is 1.22. The van der Waals surface area contributed by atoms with Crippen LogP contribution >= 0.6 is 0 Å². The predicted octanol–water partition coefficient (Wildman–Crippen LogP) is 1.92. The molecule has 3 N–H and O–H groups in total. The van der Waals surface area contributed by atoms with Crippen molar-refractivity contribution in [1.29, 1.82) is 0 Å². The number of hydrogen-bond donors (Lipinski definition) is 3. The van der Waals surface area contributed by atoms with Crippen molar-refractivity contribution in [3.63, 3.8) is 0 Å². The number of aliphatic carboxylic acids is 1. The van der Waals surface area contributed by atoms with E-state index < -0.39 is 12.0 Å². The number of fused-ring (bicyclic) bond motifs is 1. The van der Waals surface area contributed by atoms with Gasteiger partial charge in [0.25, 0.3) is 0 Å². The summed E-state index contributed by atoms with van der Waals surface area (Å²) in [5, 5.41) is 13.3. The third kappa shape index (κ3) is 3.13.